The van der Waals surface area contributed by atoms with Crippen molar-refractivity contribution in [2.45, 2.75) is 45.7 Å². The van der Waals surface area contributed by atoms with E-state index in [-0.39, 0.29) is 5.69 Å². The molecule has 0 radical (unpaired) electrons. The predicted octanol–water partition coefficient (Wildman–Crippen LogP) is 1.57. The van der Waals surface area contributed by atoms with E-state index in [0.717, 1.165) is 88.2 Å². The van der Waals surface area contributed by atoms with Gasteiger partial charge in [-0.25, -0.2) is 9.48 Å². The van der Waals surface area contributed by atoms with Crippen LogP contribution in [0.25, 0.3) is 0 Å². The molecule has 0 saturated carbocycles. The topological polar surface area (TPSA) is 79.9 Å². The Balaban J connectivity index is 1.32. The molecule has 0 atom stereocenters. The zero-order valence-electron chi connectivity index (χ0n) is 19.3. The van der Waals surface area contributed by atoms with Crippen LogP contribution in [0.5, 0.6) is 5.75 Å². The third-order valence-electron chi connectivity index (χ3n) is 6.16. The number of fused-ring (bicyclic) bond motifs is 1. The van der Waals surface area contributed by atoms with Gasteiger partial charge in [0.25, 0.3) is 0 Å². The minimum Gasteiger partial charge on any atom is -0.495 e. The zero-order valence-corrected chi connectivity index (χ0v) is 19.3. The summed E-state index contributed by atoms with van der Waals surface area (Å²) in [7, 11) is 1.72. The average molecular weight is 442 g/mol. The minimum atomic E-state index is 0.0306. The second kappa shape index (κ2) is 10.6. The molecule has 2 aliphatic rings. The highest BCUT2D eigenvalue weighted by atomic mass is 16.5. The summed E-state index contributed by atoms with van der Waals surface area (Å²) in [5, 5.41) is 7.94. The maximum absolute atomic E-state index is 12.5. The molecule has 4 rings (SSSR count). The SMILES string of the molecule is CCNC(=NCCCn1nc2n(c1=O)CCCC2)N1CCN(c2ccccc2OC)CC1. The van der Waals surface area contributed by atoms with Crippen LogP contribution < -0.4 is 20.6 Å². The van der Waals surface area contributed by atoms with Crippen molar-refractivity contribution in [2.75, 3.05) is 51.3 Å². The fourth-order valence-electron chi connectivity index (χ4n) is 4.48. The second-order valence-electron chi connectivity index (χ2n) is 8.27. The monoisotopic (exact) mass is 441 g/mol. The van der Waals surface area contributed by atoms with Crippen molar-refractivity contribution in [3.05, 3.63) is 40.6 Å². The first-order valence-corrected chi connectivity index (χ1v) is 11.8. The number of para-hydroxylation sites is 2. The number of guanidine groups is 1. The van der Waals surface area contributed by atoms with Crippen LogP contribution in [0, 0.1) is 0 Å². The normalized spacial score (nSPS) is 16.8. The van der Waals surface area contributed by atoms with Gasteiger partial charge in [-0.3, -0.25) is 9.56 Å². The van der Waals surface area contributed by atoms with E-state index in [1.54, 1.807) is 11.8 Å². The Labute approximate surface area is 189 Å². The molecule has 0 amide bonds. The van der Waals surface area contributed by atoms with Crippen LogP contribution in [-0.2, 0) is 19.5 Å². The first-order chi connectivity index (χ1) is 15.7. The summed E-state index contributed by atoms with van der Waals surface area (Å²) in [5.74, 6) is 2.80. The number of aryl methyl sites for hydroxylation is 2. The molecule has 32 heavy (non-hydrogen) atoms. The van der Waals surface area contributed by atoms with Gasteiger partial charge in [-0.15, -0.1) is 0 Å². The average Bonchev–Trinajstić information content (AvgIpc) is 3.16. The lowest BCUT2D eigenvalue weighted by Gasteiger charge is -2.38. The third kappa shape index (κ3) is 4.92. The molecule has 0 bridgehead atoms. The lowest BCUT2D eigenvalue weighted by Crippen LogP contribution is -2.52. The number of hydrogen-bond donors (Lipinski definition) is 1. The van der Waals surface area contributed by atoms with Gasteiger partial charge >= 0.3 is 5.69 Å². The smallest absolute Gasteiger partial charge is 0.345 e. The number of nitrogens with zero attached hydrogens (tertiary/aromatic N) is 6. The quantitative estimate of drug-likeness (QED) is 0.399. The Morgan fingerprint density at radius 2 is 1.97 bits per heavy atom. The van der Waals surface area contributed by atoms with E-state index in [9.17, 15) is 4.79 Å². The number of piperazine rings is 1. The Morgan fingerprint density at radius 3 is 2.72 bits per heavy atom. The second-order valence-corrected chi connectivity index (χ2v) is 8.27. The van der Waals surface area contributed by atoms with Crippen molar-refractivity contribution in [1.82, 2.24) is 24.6 Å². The van der Waals surface area contributed by atoms with Crippen molar-refractivity contribution in [3.8, 4) is 5.75 Å². The van der Waals surface area contributed by atoms with Crippen molar-refractivity contribution in [1.29, 1.82) is 0 Å². The van der Waals surface area contributed by atoms with Gasteiger partial charge < -0.3 is 19.9 Å². The first-order valence-electron chi connectivity index (χ1n) is 11.8. The molecule has 9 heteroatoms. The van der Waals surface area contributed by atoms with E-state index >= 15 is 0 Å². The molecule has 1 aromatic heterocycles. The zero-order chi connectivity index (χ0) is 22.3. The summed E-state index contributed by atoms with van der Waals surface area (Å²) in [6.45, 7) is 8.65. The van der Waals surface area contributed by atoms with Gasteiger partial charge in [0.05, 0.1) is 12.8 Å². The van der Waals surface area contributed by atoms with E-state index in [1.807, 2.05) is 16.7 Å². The Morgan fingerprint density at radius 1 is 1.16 bits per heavy atom. The number of aromatic nitrogens is 3. The predicted molar refractivity (Wildman–Crippen MR) is 127 cm³/mol. The van der Waals surface area contributed by atoms with Crippen molar-refractivity contribution in [2.24, 2.45) is 4.99 Å². The summed E-state index contributed by atoms with van der Waals surface area (Å²) in [4.78, 5) is 22.0. The molecular formula is C23H35N7O2. The van der Waals surface area contributed by atoms with E-state index in [4.69, 9.17) is 9.73 Å². The molecule has 0 aliphatic carbocycles. The van der Waals surface area contributed by atoms with Crippen LogP contribution in [0.2, 0.25) is 0 Å². The van der Waals surface area contributed by atoms with Crippen molar-refractivity contribution >= 4 is 11.6 Å². The van der Waals surface area contributed by atoms with E-state index in [0.29, 0.717) is 13.1 Å². The molecule has 2 aliphatic heterocycles. The summed E-state index contributed by atoms with van der Waals surface area (Å²) in [6, 6.07) is 8.18. The van der Waals surface area contributed by atoms with Gasteiger partial charge in [0.15, 0.2) is 5.96 Å². The van der Waals surface area contributed by atoms with Crippen LogP contribution >= 0.6 is 0 Å². The Bertz CT molecular complexity index is 973. The van der Waals surface area contributed by atoms with Crippen molar-refractivity contribution in [3.63, 3.8) is 0 Å². The van der Waals surface area contributed by atoms with Gasteiger partial charge in [0.1, 0.15) is 11.6 Å². The summed E-state index contributed by atoms with van der Waals surface area (Å²) in [6.07, 6.45) is 3.90. The van der Waals surface area contributed by atoms with E-state index in [1.165, 1.54) is 0 Å². The van der Waals surface area contributed by atoms with Crippen LogP contribution in [0.4, 0.5) is 5.69 Å². The van der Waals surface area contributed by atoms with Crippen LogP contribution in [-0.4, -0.2) is 71.6 Å². The molecule has 1 N–H and O–H groups in total. The highest BCUT2D eigenvalue weighted by Crippen LogP contribution is 2.28. The largest absolute Gasteiger partial charge is 0.495 e. The number of hydrogen-bond acceptors (Lipinski definition) is 5. The molecule has 3 heterocycles. The maximum Gasteiger partial charge on any atom is 0.345 e. The van der Waals surface area contributed by atoms with Gasteiger partial charge in [-0.05, 0) is 38.3 Å². The number of anilines is 1. The summed E-state index contributed by atoms with van der Waals surface area (Å²) in [5.41, 5.74) is 1.17. The van der Waals surface area contributed by atoms with E-state index < -0.39 is 0 Å². The molecule has 0 spiro atoms. The first kappa shape index (κ1) is 22.2. The summed E-state index contributed by atoms with van der Waals surface area (Å²) >= 11 is 0. The van der Waals surface area contributed by atoms with E-state index in [2.05, 4.69) is 39.3 Å². The minimum absolute atomic E-state index is 0.0306. The lowest BCUT2D eigenvalue weighted by atomic mass is 10.2. The number of benzene rings is 1. The third-order valence-corrected chi connectivity index (χ3v) is 6.16. The van der Waals surface area contributed by atoms with Crippen molar-refractivity contribution < 1.29 is 4.74 Å². The number of aliphatic imine (C=N–C) groups is 1. The standard InChI is InChI=1S/C23H35N7O2/c1-3-24-22(25-12-8-14-30-23(31)29-13-7-6-11-21(29)26-30)28-17-15-27(16-18-28)19-9-4-5-10-20(19)32-2/h4-5,9-10H,3,6-8,11-18H2,1-2H3,(H,24,25). The Kier molecular flexibility index (Phi) is 7.34. The number of methoxy groups -OCH3 is 1. The van der Waals surface area contributed by atoms with Crippen LogP contribution in [0.3, 0.4) is 0 Å². The molecular weight excluding hydrogens is 406 g/mol. The van der Waals surface area contributed by atoms with Gasteiger partial charge in [-0.2, -0.15) is 5.10 Å². The van der Waals surface area contributed by atoms with Crippen LogP contribution in [0.1, 0.15) is 32.0 Å². The molecule has 1 saturated heterocycles. The fourth-order valence-corrected chi connectivity index (χ4v) is 4.48. The van der Waals surface area contributed by atoms with Gasteiger partial charge in [0.2, 0.25) is 0 Å². The molecule has 2 aromatic rings. The molecule has 0 unspecified atom stereocenters. The molecule has 174 valence electrons. The summed E-state index contributed by atoms with van der Waals surface area (Å²) < 4.78 is 8.98. The molecule has 1 aromatic carbocycles. The maximum atomic E-state index is 12.5. The van der Waals surface area contributed by atoms with Gasteiger partial charge in [-0.1, -0.05) is 12.1 Å². The Hall–Kier alpha value is -2.97. The molecule has 1 fully saturated rings. The number of nitrogens with one attached hydrogen (secondary N) is 1. The highest BCUT2D eigenvalue weighted by molar-refractivity contribution is 5.80. The highest BCUT2D eigenvalue weighted by Gasteiger charge is 2.21. The lowest BCUT2D eigenvalue weighted by molar-refractivity contribution is 0.367. The fraction of sp³-hybridized carbons (Fsp3) is 0.609. The number of rotatable bonds is 7. The number of ether oxygens (including phenoxy) is 1. The molecule has 9 nitrogen and oxygen atoms in total. The van der Waals surface area contributed by atoms with Gasteiger partial charge in [0, 0.05) is 58.8 Å². The van der Waals surface area contributed by atoms with Crippen LogP contribution in [0.15, 0.2) is 34.1 Å².